The van der Waals surface area contributed by atoms with Crippen molar-refractivity contribution in [2.75, 3.05) is 19.6 Å². The molecule has 0 aliphatic carbocycles. The van der Waals surface area contributed by atoms with Crippen molar-refractivity contribution in [2.24, 2.45) is 5.73 Å². The minimum absolute atomic E-state index is 0.295. The molecule has 0 radical (unpaired) electrons. The number of hydrogen-bond donors (Lipinski definition) is 3. The van der Waals surface area contributed by atoms with Gasteiger partial charge in [0.1, 0.15) is 6.17 Å². The maximum absolute atomic E-state index is 11.3. The molecule has 2 rings (SSSR count). The molecule has 0 bridgehead atoms. The van der Waals surface area contributed by atoms with E-state index < -0.39 is 6.17 Å². The van der Waals surface area contributed by atoms with Crippen LogP contribution in [0.15, 0.2) is 0 Å². The number of rotatable bonds is 5. The van der Waals surface area contributed by atoms with E-state index in [-0.39, 0.29) is 11.9 Å². The van der Waals surface area contributed by atoms with Crippen LogP contribution in [0.3, 0.4) is 0 Å². The van der Waals surface area contributed by atoms with Crippen molar-refractivity contribution in [3.8, 4) is 0 Å². The first-order valence-corrected chi connectivity index (χ1v) is 6.69. The fraction of sp³-hybridized carbons (Fsp3) is 0.833. The van der Waals surface area contributed by atoms with Crippen molar-refractivity contribution < 1.29 is 9.59 Å². The number of nitrogens with zero attached hydrogens (tertiary/aromatic N) is 1. The minimum Gasteiger partial charge on any atom is -0.368 e. The average Bonchev–Trinajstić information content (AvgIpc) is 2.86. The molecule has 0 spiro atoms. The molecule has 2 aliphatic rings. The molecule has 0 aromatic heterocycles. The Morgan fingerprint density at radius 3 is 2.89 bits per heavy atom. The third-order valence-corrected chi connectivity index (χ3v) is 3.81. The fourth-order valence-corrected chi connectivity index (χ4v) is 2.88. The molecule has 2 saturated heterocycles. The molecular formula is C12H22N4O2. The first-order valence-electron chi connectivity index (χ1n) is 6.69. The van der Waals surface area contributed by atoms with Crippen LogP contribution in [0.2, 0.25) is 0 Å². The van der Waals surface area contributed by atoms with Crippen LogP contribution in [0.5, 0.6) is 0 Å². The molecule has 1 amide bonds. The van der Waals surface area contributed by atoms with E-state index in [2.05, 4.69) is 10.6 Å². The normalized spacial score (nSPS) is 31.1. The van der Waals surface area contributed by atoms with Gasteiger partial charge in [-0.2, -0.15) is 0 Å². The van der Waals surface area contributed by atoms with E-state index in [1.54, 1.807) is 0 Å². The zero-order chi connectivity index (χ0) is 13.0. The molecule has 6 nitrogen and oxygen atoms in total. The third-order valence-electron chi connectivity index (χ3n) is 3.81. The maximum Gasteiger partial charge on any atom is 0.234 e. The summed E-state index contributed by atoms with van der Waals surface area (Å²) in [6.45, 7) is 2.67. The highest BCUT2D eigenvalue weighted by Gasteiger charge is 2.34. The number of primary amides is 1. The Bertz CT molecular complexity index is 304. The first-order chi connectivity index (χ1) is 8.72. The second kappa shape index (κ2) is 6.26. The van der Waals surface area contributed by atoms with Gasteiger partial charge in [0.05, 0.1) is 6.04 Å². The van der Waals surface area contributed by atoms with Crippen LogP contribution in [0.1, 0.15) is 25.7 Å². The lowest BCUT2D eigenvalue weighted by molar-refractivity contribution is -0.125. The Morgan fingerprint density at radius 2 is 2.28 bits per heavy atom. The summed E-state index contributed by atoms with van der Waals surface area (Å²) < 4.78 is 0. The number of hydrogen-bond acceptors (Lipinski definition) is 5. The van der Waals surface area contributed by atoms with Crippen LogP contribution in [0.25, 0.3) is 0 Å². The highest BCUT2D eigenvalue weighted by atomic mass is 16.1. The van der Waals surface area contributed by atoms with Crippen molar-refractivity contribution in [3.05, 3.63) is 0 Å². The van der Waals surface area contributed by atoms with Gasteiger partial charge in [-0.25, -0.2) is 0 Å². The van der Waals surface area contributed by atoms with E-state index >= 15 is 0 Å². The summed E-state index contributed by atoms with van der Waals surface area (Å²) in [5.41, 5.74) is 5.38. The largest absolute Gasteiger partial charge is 0.368 e. The van der Waals surface area contributed by atoms with E-state index in [1.807, 2.05) is 4.90 Å². The zero-order valence-electron chi connectivity index (χ0n) is 10.6. The summed E-state index contributed by atoms with van der Waals surface area (Å²) in [4.78, 5) is 24.5. The average molecular weight is 254 g/mol. The molecular weight excluding hydrogens is 232 g/mol. The number of nitrogens with one attached hydrogen (secondary N) is 2. The van der Waals surface area contributed by atoms with Gasteiger partial charge in [0.25, 0.3) is 0 Å². The van der Waals surface area contributed by atoms with E-state index in [9.17, 15) is 9.59 Å². The zero-order valence-corrected chi connectivity index (χ0v) is 10.6. The number of likely N-dealkylation sites (tertiary alicyclic amines) is 1. The smallest absolute Gasteiger partial charge is 0.234 e. The fourth-order valence-electron chi connectivity index (χ4n) is 2.88. The predicted molar refractivity (Wildman–Crippen MR) is 67.8 cm³/mol. The molecule has 6 heteroatoms. The Balaban J connectivity index is 1.94. The van der Waals surface area contributed by atoms with Gasteiger partial charge >= 0.3 is 0 Å². The Hall–Kier alpha value is -0.980. The van der Waals surface area contributed by atoms with Crippen LogP contribution in [0.4, 0.5) is 0 Å². The van der Waals surface area contributed by atoms with Crippen LogP contribution in [-0.4, -0.2) is 55.0 Å². The summed E-state index contributed by atoms with van der Waals surface area (Å²) in [6.07, 6.45) is 4.34. The SMILES string of the molecule is NC(=O)C1CCCN1C(C=O)NC1CCCNC1. The van der Waals surface area contributed by atoms with E-state index in [1.165, 1.54) is 0 Å². The molecule has 102 valence electrons. The first kappa shape index (κ1) is 13.5. The highest BCUT2D eigenvalue weighted by molar-refractivity contribution is 5.80. The molecule has 0 aromatic rings. The van der Waals surface area contributed by atoms with Gasteiger partial charge in [-0.05, 0) is 32.2 Å². The Kier molecular flexibility index (Phi) is 4.68. The lowest BCUT2D eigenvalue weighted by Gasteiger charge is -2.33. The number of nitrogens with two attached hydrogens (primary N) is 1. The Morgan fingerprint density at radius 1 is 1.44 bits per heavy atom. The van der Waals surface area contributed by atoms with Gasteiger partial charge in [-0.1, -0.05) is 0 Å². The molecule has 4 N–H and O–H groups in total. The van der Waals surface area contributed by atoms with Crippen molar-refractivity contribution in [1.82, 2.24) is 15.5 Å². The summed E-state index contributed by atoms with van der Waals surface area (Å²) >= 11 is 0. The van der Waals surface area contributed by atoms with Gasteiger partial charge in [0.2, 0.25) is 5.91 Å². The highest BCUT2D eigenvalue weighted by Crippen LogP contribution is 2.19. The van der Waals surface area contributed by atoms with Gasteiger partial charge in [0.15, 0.2) is 6.29 Å². The number of piperidine rings is 1. The van der Waals surface area contributed by atoms with E-state index in [0.717, 1.165) is 51.6 Å². The lowest BCUT2D eigenvalue weighted by atomic mass is 10.1. The summed E-state index contributed by atoms with van der Waals surface area (Å²) in [6, 6.07) is -0.00711. The third kappa shape index (κ3) is 3.07. The molecule has 3 unspecified atom stereocenters. The van der Waals surface area contributed by atoms with Crippen molar-refractivity contribution in [3.63, 3.8) is 0 Å². The maximum atomic E-state index is 11.3. The monoisotopic (exact) mass is 254 g/mol. The summed E-state index contributed by atoms with van der Waals surface area (Å²) in [5, 5.41) is 6.62. The molecule has 2 aliphatic heterocycles. The lowest BCUT2D eigenvalue weighted by Crippen LogP contribution is -2.57. The summed E-state index contributed by atoms with van der Waals surface area (Å²) in [5.74, 6) is -0.331. The molecule has 3 atom stereocenters. The van der Waals surface area contributed by atoms with E-state index in [0.29, 0.717) is 6.04 Å². The number of carbonyl (C=O) groups is 2. The van der Waals surface area contributed by atoms with Crippen molar-refractivity contribution >= 4 is 12.2 Å². The quantitative estimate of drug-likeness (QED) is 0.537. The standard InChI is InChI=1S/C12H22N4O2/c13-12(18)10-4-2-6-16(10)11(8-17)15-9-3-1-5-14-7-9/h8-11,14-15H,1-7H2,(H2,13,18). The predicted octanol–water partition coefficient (Wildman–Crippen LogP) is -1.20. The Labute approximate surface area is 107 Å². The molecule has 18 heavy (non-hydrogen) atoms. The number of amides is 1. The van der Waals surface area contributed by atoms with Crippen molar-refractivity contribution in [2.45, 2.75) is 43.9 Å². The van der Waals surface area contributed by atoms with Gasteiger partial charge < -0.3 is 15.8 Å². The van der Waals surface area contributed by atoms with Gasteiger partial charge in [-0.15, -0.1) is 0 Å². The topological polar surface area (TPSA) is 87.5 Å². The van der Waals surface area contributed by atoms with Crippen LogP contribution >= 0.6 is 0 Å². The minimum atomic E-state index is -0.394. The van der Waals surface area contributed by atoms with Crippen LogP contribution in [-0.2, 0) is 9.59 Å². The second-order valence-corrected chi connectivity index (χ2v) is 5.09. The van der Waals surface area contributed by atoms with Gasteiger partial charge in [0, 0.05) is 19.1 Å². The molecule has 2 heterocycles. The molecule has 0 saturated carbocycles. The molecule has 0 aromatic carbocycles. The van der Waals surface area contributed by atoms with E-state index in [4.69, 9.17) is 5.73 Å². The van der Waals surface area contributed by atoms with Gasteiger partial charge in [-0.3, -0.25) is 15.0 Å². The number of aldehydes is 1. The number of carbonyl (C=O) groups excluding carboxylic acids is 2. The van der Waals surface area contributed by atoms with Crippen LogP contribution < -0.4 is 16.4 Å². The van der Waals surface area contributed by atoms with Crippen LogP contribution in [0, 0.1) is 0 Å². The summed E-state index contributed by atoms with van der Waals surface area (Å²) in [7, 11) is 0. The molecule has 2 fully saturated rings. The second-order valence-electron chi connectivity index (χ2n) is 5.09. The van der Waals surface area contributed by atoms with Crippen molar-refractivity contribution in [1.29, 1.82) is 0 Å².